The van der Waals surface area contributed by atoms with E-state index >= 15 is 0 Å². The van der Waals surface area contributed by atoms with Gasteiger partial charge in [0.15, 0.2) is 0 Å². The number of ether oxygens (including phenoxy) is 2. The molecule has 1 fully saturated rings. The van der Waals surface area contributed by atoms with E-state index in [1.807, 2.05) is 18.2 Å². The molecule has 3 atom stereocenters. The highest BCUT2D eigenvalue weighted by Crippen LogP contribution is 2.25. The third-order valence-electron chi connectivity index (χ3n) is 5.13. The molecule has 0 aromatic heterocycles. The van der Waals surface area contributed by atoms with E-state index < -0.39 is 6.10 Å². The zero-order valence-corrected chi connectivity index (χ0v) is 17.5. The first-order valence-electron chi connectivity index (χ1n) is 9.72. The zero-order chi connectivity index (χ0) is 18.2. The molecule has 0 aliphatic carbocycles. The predicted octanol–water partition coefficient (Wildman–Crippen LogP) is 4.25. The Hall–Kier alpha value is -0.810. The smallest absolute Gasteiger partial charge is 0.122 e. The summed E-state index contributed by atoms with van der Waals surface area (Å²) in [6.07, 6.45) is 3.30. The van der Waals surface area contributed by atoms with Crippen molar-refractivity contribution < 1.29 is 14.6 Å². The minimum atomic E-state index is -0.439. The number of halogens is 1. The Labute approximate surface area is 165 Å². The Balaban J connectivity index is 0.00000338. The minimum absolute atomic E-state index is 0. The van der Waals surface area contributed by atoms with Crippen LogP contribution in [0, 0.1) is 0 Å². The van der Waals surface area contributed by atoms with Gasteiger partial charge in [0.05, 0.1) is 19.3 Å². The molecule has 1 heterocycles. The van der Waals surface area contributed by atoms with Crippen LogP contribution in [0.5, 0.6) is 5.75 Å². The first kappa shape index (κ1) is 23.2. The van der Waals surface area contributed by atoms with Crippen LogP contribution < -0.4 is 4.74 Å². The third kappa shape index (κ3) is 7.07. The number of likely N-dealkylation sites (tertiary alicyclic amines) is 1. The number of nitrogens with zero attached hydrogens (tertiary/aromatic N) is 1. The highest BCUT2D eigenvalue weighted by atomic mass is 35.5. The molecule has 1 aliphatic rings. The van der Waals surface area contributed by atoms with Crippen LogP contribution in [0.2, 0.25) is 0 Å². The number of β-amino-alcohol motifs (C(OH)–C–C–N with tert-alkyl or cyclic N) is 1. The molecular weight excluding hydrogens is 350 g/mol. The van der Waals surface area contributed by atoms with Crippen LogP contribution in [0.25, 0.3) is 0 Å². The number of hydrogen-bond acceptors (Lipinski definition) is 4. The topological polar surface area (TPSA) is 41.9 Å². The van der Waals surface area contributed by atoms with Crippen molar-refractivity contribution in [3.63, 3.8) is 0 Å². The number of aliphatic hydroxyl groups is 1. The average molecular weight is 386 g/mol. The highest BCUT2D eigenvalue weighted by molar-refractivity contribution is 5.85. The maximum atomic E-state index is 10.3. The van der Waals surface area contributed by atoms with Crippen LogP contribution in [0.3, 0.4) is 0 Å². The van der Waals surface area contributed by atoms with E-state index in [-0.39, 0.29) is 12.4 Å². The van der Waals surface area contributed by atoms with Gasteiger partial charge in [-0.2, -0.15) is 0 Å². The van der Waals surface area contributed by atoms with Gasteiger partial charge < -0.3 is 14.6 Å². The van der Waals surface area contributed by atoms with Crippen molar-refractivity contribution in [2.75, 3.05) is 26.4 Å². The van der Waals surface area contributed by atoms with Gasteiger partial charge >= 0.3 is 0 Å². The van der Waals surface area contributed by atoms with Crippen LogP contribution in [0.4, 0.5) is 0 Å². The van der Waals surface area contributed by atoms with Crippen molar-refractivity contribution in [3.05, 3.63) is 29.8 Å². The van der Waals surface area contributed by atoms with Crippen LogP contribution in [-0.4, -0.2) is 54.6 Å². The van der Waals surface area contributed by atoms with Gasteiger partial charge in [-0.1, -0.05) is 38.5 Å². The van der Waals surface area contributed by atoms with E-state index in [1.54, 1.807) is 0 Å². The molecule has 1 aromatic carbocycles. The molecule has 1 aliphatic heterocycles. The van der Waals surface area contributed by atoms with Crippen molar-refractivity contribution in [3.8, 4) is 5.75 Å². The quantitative estimate of drug-likeness (QED) is 0.645. The largest absolute Gasteiger partial charge is 0.491 e. The van der Waals surface area contributed by atoms with Crippen molar-refractivity contribution >= 4 is 12.4 Å². The molecule has 3 unspecified atom stereocenters. The fourth-order valence-corrected chi connectivity index (χ4v) is 3.65. The van der Waals surface area contributed by atoms with E-state index in [4.69, 9.17) is 9.47 Å². The van der Waals surface area contributed by atoms with Gasteiger partial charge in [0, 0.05) is 18.6 Å². The van der Waals surface area contributed by atoms with Gasteiger partial charge in [0.25, 0.3) is 0 Å². The van der Waals surface area contributed by atoms with Crippen molar-refractivity contribution in [1.29, 1.82) is 0 Å². The highest BCUT2D eigenvalue weighted by Gasteiger charge is 2.26. The lowest BCUT2D eigenvalue weighted by molar-refractivity contribution is -0.0141. The summed E-state index contributed by atoms with van der Waals surface area (Å²) >= 11 is 0. The fourth-order valence-electron chi connectivity index (χ4n) is 3.65. The molecular formula is C21H36ClNO3. The molecule has 2 rings (SSSR count). The molecule has 150 valence electrons. The maximum absolute atomic E-state index is 10.3. The van der Waals surface area contributed by atoms with E-state index in [2.05, 4.69) is 38.7 Å². The average Bonchev–Trinajstić information content (AvgIpc) is 2.58. The van der Waals surface area contributed by atoms with Crippen LogP contribution in [0.1, 0.15) is 58.4 Å². The summed E-state index contributed by atoms with van der Waals surface area (Å²) in [5.41, 5.74) is 1.22. The summed E-state index contributed by atoms with van der Waals surface area (Å²) in [6.45, 7) is 10.9. The Bertz CT molecular complexity index is 502. The second-order valence-electron chi connectivity index (χ2n) is 7.60. The SMILES string of the molecule is CC(C)c1ccccc1OCCOCC(O)CN1C(C)CCCC1C.Cl. The van der Waals surface area contributed by atoms with Crippen LogP contribution in [-0.2, 0) is 4.74 Å². The van der Waals surface area contributed by atoms with E-state index in [1.165, 1.54) is 24.8 Å². The fraction of sp³-hybridized carbons (Fsp3) is 0.714. The monoisotopic (exact) mass is 385 g/mol. The molecule has 0 saturated carbocycles. The summed E-state index contributed by atoms with van der Waals surface area (Å²) in [5, 5.41) is 10.3. The van der Waals surface area contributed by atoms with Gasteiger partial charge in [-0.3, -0.25) is 4.90 Å². The number of aliphatic hydroxyl groups excluding tert-OH is 1. The van der Waals surface area contributed by atoms with Crippen LogP contribution in [0.15, 0.2) is 24.3 Å². The van der Waals surface area contributed by atoms with E-state index in [0.717, 1.165) is 5.75 Å². The summed E-state index contributed by atoms with van der Waals surface area (Å²) in [6, 6.07) is 9.24. The predicted molar refractivity (Wildman–Crippen MR) is 110 cm³/mol. The van der Waals surface area contributed by atoms with Crippen molar-refractivity contribution in [2.45, 2.75) is 71.1 Å². The van der Waals surface area contributed by atoms with Crippen molar-refractivity contribution in [2.24, 2.45) is 0 Å². The summed E-state index contributed by atoms with van der Waals surface area (Å²) in [4.78, 5) is 2.41. The van der Waals surface area contributed by atoms with Gasteiger partial charge in [0.2, 0.25) is 0 Å². The first-order chi connectivity index (χ1) is 12.0. The minimum Gasteiger partial charge on any atom is -0.491 e. The lowest BCUT2D eigenvalue weighted by Gasteiger charge is -2.40. The molecule has 1 saturated heterocycles. The molecule has 4 nitrogen and oxygen atoms in total. The molecule has 1 aromatic rings. The third-order valence-corrected chi connectivity index (χ3v) is 5.13. The number of piperidine rings is 1. The summed E-state index contributed by atoms with van der Waals surface area (Å²) in [5.74, 6) is 1.37. The summed E-state index contributed by atoms with van der Waals surface area (Å²) < 4.78 is 11.5. The molecule has 0 radical (unpaired) electrons. The van der Waals surface area contributed by atoms with Gasteiger partial charge in [0.1, 0.15) is 12.4 Å². The normalized spacial score (nSPS) is 22.1. The van der Waals surface area contributed by atoms with E-state index in [9.17, 15) is 5.11 Å². The number of para-hydroxylation sites is 1. The maximum Gasteiger partial charge on any atom is 0.122 e. The first-order valence-corrected chi connectivity index (χ1v) is 9.72. The van der Waals surface area contributed by atoms with Gasteiger partial charge in [-0.05, 0) is 44.2 Å². The lowest BCUT2D eigenvalue weighted by atomic mass is 9.97. The number of benzene rings is 1. The molecule has 0 bridgehead atoms. The Morgan fingerprint density at radius 2 is 1.77 bits per heavy atom. The number of hydrogen-bond donors (Lipinski definition) is 1. The second kappa shape index (κ2) is 11.8. The number of rotatable bonds is 9. The molecule has 1 N–H and O–H groups in total. The molecule has 0 amide bonds. The van der Waals surface area contributed by atoms with E-state index in [0.29, 0.717) is 44.4 Å². The molecule has 0 spiro atoms. The van der Waals surface area contributed by atoms with Crippen LogP contribution >= 0.6 is 12.4 Å². The Morgan fingerprint density at radius 1 is 1.12 bits per heavy atom. The molecule has 26 heavy (non-hydrogen) atoms. The Kier molecular flexibility index (Phi) is 10.6. The van der Waals surface area contributed by atoms with Crippen molar-refractivity contribution in [1.82, 2.24) is 4.90 Å². The standard InChI is InChI=1S/C21H35NO3.ClH/c1-16(2)20-10-5-6-11-21(20)25-13-12-24-15-19(23)14-22-17(3)8-7-9-18(22)4;/h5-6,10-11,16-19,23H,7-9,12-15H2,1-4H3;1H. The molecule has 5 heteroatoms. The zero-order valence-electron chi connectivity index (χ0n) is 16.7. The Morgan fingerprint density at radius 3 is 2.42 bits per heavy atom. The summed E-state index contributed by atoms with van der Waals surface area (Å²) in [7, 11) is 0. The van der Waals surface area contributed by atoms with Gasteiger partial charge in [-0.15, -0.1) is 12.4 Å². The second-order valence-corrected chi connectivity index (χ2v) is 7.60. The van der Waals surface area contributed by atoms with Gasteiger partial charge in [-0.25, -0.2) is 0 Å². The lowest BCUT2D eigenvalue weighted by Crippen LogP contribution is -2.48.